The largest absolute Gasteiger partial charge is 0.468 e. The third-order valence-corrected chi connectivity index (χ3v) is 4.33. The van der Waals surface area contributed by atoms with Gasteiger partial charge < -0.3 is 9.73 Å². The van der Waals surface area contributed by atoms with E-state index in [4.69, 9.17) is 4.42 Å². The van der Waals surface area contributed by atoms with Crippen LogP contribution < -0.4 is 5.32 Å². The Morgan fingerprint density at radius 3 is 2.69 bits per heavy atom. The number of nitrogens with one attached hydrogen (secondary N) is 1. The van der Waals surface area contributed by atoms with Crippen LogP contribution in [0.5, 0.6) is 0 Å². The summed E-state index contributed by atoms with van der Waals surface area (Å²) in [6.07, 6.45) is 3.12. The van der Waals surface area contributed by atoms with Crippen LogP contribution in [0.15, 0.2) is 53.4 Å². The Bertz CT molecular complexity index is 812. The molecule has 0 saturated heterocycles. The molecule has 26 heavy (non-hydrogen) atoms. The highest BCUT2D eigenvalue weighted by atomic mass is 16.3. The summed E-state index contributed by atoms with van der Waals surface area (Å²) >= 11 is 0. The van der Waals surface area contributed by atoms with E-state index in [0.29, 0.717) is 17.8 Å². The molecule has 0 bridgehead atoms. The van der Waals surface area contributed by atoms with E-state index in [-0.39, 0.29) is 11.9 Å². The van der Waals surface area contributed by atoms with Gasteiger partial charge in [0.15, 0.2) is 0 Å². The third-order valence-electron chi connectivity index (χ3n) is 4.33. The Labute approximate surface area is 151 Å². The first-order valence-electron chi connectivity index (χ1n) is 8.62. The number of carbonyl (C=O) groups excluding carboxylic acids is 1. The maximum Gasteiger partial charge on any atom is 0.253 e. The smallest absolute Gasteiger partial charge is 0.253 e. The van der Waals surface area contributed by atoms with E-state index < -0.39 is 0 Å². The molecule has 1 unspecified atom stereocenters. The second-order valence-corrected chi connectivity index (χ2v) is 5.73. The fourth-order valence-corrected chi connectivity index (χ4v) is 2.98. The van der Waals surface area contributed by atoms with Gasteiger partial charge in [0, 0.05) is 6.54 Å². The number of carbonyl (C=O) groups is 1. The number of hydrogen-bond acceptors (Lipinski definition) is 6. The SMILES string of the molecule is CCN(CC)C(CNC(=O)c1ccccc1-n1cnnn1)c1ccco1. The summed E-state index contributed by atoms with van der Waals surface area (Å²) < 4.78 is 7.05. The molecule has 1 amide bonds. The summed E-state index contributed by atoms with van der Waals surface area (Å²) in [4.78, 5) is 15.0. The second kappa shape index (κ2) is 8.39. The van der Waals surface area contributed by atoms with Gasteiger partial charge in [0.25, 0.3) is 5.91 Å². The summed E-state index contributed by atoms with van der Waals surface area (Å²) in [5, 5.41) is 14.2. The van der Waals surface area contributed by atoms with Crippen molar-refractivity contribution in [2.75, 3.05) is 19.6 Å². The Morgan fingerprint density at radius 1 is 1.23 bits per heavy atom. The highest BCUT2D eigenvalue weighted by Crippen LogP contribution is 2.21. The van der Waals surface area contributed by atoms with Crippen LogP contribution in [0.3, 0.4) is 0 Å². The monoisotopic (exact) mass is 354 g/mol. The van der Waals surface area contributed by atoms with Gasteiger partial charge in [-0.2, -0.15) is 4.68 Å². The zero-order valence-electron chi connectivity index (χ0n) is 14.9. The van der Waals surface area contributed by atoms with Crippen LogP contribution in [0.2, 0.25) is 0 Å². The van der Waals surface area contributed by atoms with Crippen LogP contribution in [-0.4, -0.2) is 50.6 Å². The molecule has 3 aromatic rings. The van der Waals surface area contributed by atoms with Gasteiger partial charge in [-0.3, -0.25) is 9.69 Å². The number of hydrogen-bond donors (Lipinski definition) is 1. The Balaban J connectivity index is 1.77. The number of furan rings is 1. The minimum atomic E-state index is -0.181. The van der Waals surface area contributed by atoms with E-state index in [1.54, 1.807) is 18.4 Å². The highest BCUT2D eigenvalue weighted by molar-refractivity contribution is 5.97. The molecule has 136 valence electrons. The second-order valence-electron chi connectivity index (χ2n) is 5.73. The lowest BCUT2D eigenvalue weighted by Gasteiger charge is -2.28. The highest BCUT2D eigenvalue weighted by Gasteiger charge is 2.22. The average molecular weight is 354 g/mol. The predicted molar refractivity (Wildman–Crippen MR) is 95.9 cm³/mol. The van der Waals surface area contributed by atoms with E-state index >= 15 is 0 Å². The quantitative estimate of drug-likeness (QED) is 0.666. The molecule has 8 heteroatoms. The lowest BCUT2D eigenvalue weighted by molar-refractivity contribution is 0.0929. The molecule has 0 aliphatic heterocycles. The van der Waals surface area contributed by atoms with Crippen LogP contribution in [0, 0.1) is 0 Å². The van der Waals surface area contributed by atoms with Gasteiger partial charge in [-0.15, -0.1) is 5.10 Å². The molecule has 2 aromatic heterocycles. The Kier molecular flexibility index (Phi) is 5.75. The van der Waals surface area contributed by atoms with Crippen molar-refractivity contribution < 1.29 is 9.21 Å². The number of rotatable bonds is 8. The van der Waals surface area contributed by atoms with E-state index in [1.165, 1.54) is 11.0 Å². The summed E-state index contributed by atoms with van der Waals surface area (Å²) in [5.41, 5.74) is 1.14. The first-order valence-corrected chi connectivity index (χ1v) is 8.62. The van der Waals surface area contributed by atoms with Gasteiger partial charge in [0.05, 0.1) is 23.6 Å². The zero-order valence-corrected chi connectivity index (χ0v) is 14.9. The van der Waals surface area contributed by atoms with E-state index in [2.05, 4.69) is 39.6 Å². The van der Waals surface area contributed by atoms with Crippen molar-refractivity contribution in [1.29, 1.82) is 0 Å². The van der Waals surface area contributed by atoms with Gasteiger partial charge in [-0.1, -0.05) is 26.0 Å². The van der Waals surface area contributed by atoms with Crippen molar-refractivity contribution in [2.45, 2.75) is 19.9 Å². The number of benzene rings is 1. The van der Waals surface area contributed by atoms with Gasteiger partial charge in [-0.25, -0.2) is 0 Å². The number of nitrogens with zero attached hydrogens (tertiary/aromatic N) is 5. The molecule has 3 rings (SSSR count). The molecule has 8 nitrogen and oxygen atoms in total. The Morgan fingerprint density at radius 2 is 2.04 bits per heavy atom. The first-order chi connectivity index (χ1) is 12.7. The predicted octanol–water partition coefficient (Wildman–Crippen LogP) is 2.07. The lowest BCUT2D eigenvalue weighted by atomic mass is 10.1. The van der Waals surface area contributed by atoms with Gasteiger partial charge in [0.1, 0.15) is 12.1 Å². The normalized spacial score (nSPS) is 12.3. The standard InChI is InChI=1S/C18H22N6O2/c1-3-23(4-2)16(17-10-7-11-26-17)12-19-18(25)14-8-5-6-9-15(14)24-13-20-21-22-24/h5-11,13,16H,3-4,12H2,1-2H3,(H,19,25). The minimum Gasteiger partial charge on any atom is -0.468 e. The average Bonchev–Trinajstić information content (AvgIpc) is 3.39. The van der Waals surface area contributed by atoms with Crippen molar-refractivity contribution in [3.05, 3.63) is 60.3 Å². The van der Waals surface area contributed by atoms with Crippen molar-refractivity contribution in [3.8, 4) is 5.69 Å². The maximum absolute atomic E-state index is 12.8. The molecule has 0 spiro atoms. The molecular weight excluding hydrogens is 332 g/mol. The molecule has 0 aliphatic carbocycles. The molecular formula is C18H22N6O2. The van der Waals surface area contributed by atoms with Crippen LogP contribution in [0.25, 0.3) is 5.69 Å². The minimum absolute atomic E-state index is 0.0239. The molecule has 1 aromatic carbocycles. The number of likely N-dealkylation sites (N-methyl/N-ethyl adjacent to an activating group) is 1. The molecule has 0 saturated carbocycles. The Hall–Kier alpha value is -3.00. The first kappa shape index (κ1) is 17.8. The van der Waals surface area contributed by atoms with Crippen molar-refractivity contribution in [1.82, 2.24) is 30.4 Å². The van der Waals surface area contributed by atoms with Crippen LogP contribution in [-0.2, 0) is 0 Å². The van der Waals surface area contributed by atoms with Crippen molar-refractivity contribution >= 4 is 5.91 Å². The van der Waals surface area contributed by atoms with Gasteiger partial charge in [0.2, 0.25) is 0 Å². The van der Waals surface area contributed by atoms with Crippen LogP contribution in [0.4, 0.5) is 0 Å². The molecule has 0 fully saturated rings. The van der Waals surface area contributed by atoms with Gasteiger partial charge in [-0.05, 0) is 47.8 Å². The fraction of sp³-hybridized carbons (Fsp3) is 0.333. The molecule has 1 N–H and O–H groups in total. The van der Waals surface area contributed by atoms with Crippen LogP contribution in [0.1, 0.15) is 36.0 Å². The number of amides is 1. The molecule has 1 atom stereocenters. The summed E-state index contributed by atoms with van der Waals surface area (Å²) in [6, 6.07) is 11.0. The van der Waals surface area contributed by atoms with Crippen molar-refractivity contribution in [2.24, 2.45) is 0 Å². The maximum atomic E-state index is 12.8. The van der Waals surface area contributed by atoms with E-state index in [1.807, 2.05) is 24.3 Å². The summed E-state index contributed by atoms with van der Waals surface area (Å²) in [5.74, 6) is 0.655. The summed E-state index contributed by atoms with van der Waals surface area (Å²) in [7, 11) is 0. The summed E-state index contributed by atoms with van der Waals surface area (Å²) in [6.45, 7) is 6.35. The van der Waals surface area contributed by atoms with Crippen LogP contribution >= 0.6 is 0 Å². The molecule has 0 aliphatic rings. The number of para-hydroxylation sites is 1. The van der Waals surface area contributed by atoms with E-state index in [0.717, 1.165) is 18.8 Å². The number of tetrazole rings is 1. The fourth-order valence-electron chi connectivity index (χ4n) is 2.98. The van der Waals surface area contributed by atoms with Crippen molar-refractivity contribution in [3.63, 3.8) is 0 Å². The topological polar surface area (TPSA) is 89.1 Å². The van der Waals surface area contributed by atoms with Gasteiger partial charge >= 0.3 is 0 Å². The number of aromatic nitrogens is 4. The molecule has 2 heterocycles. The molecule has 0 radical (unpaired) electrons. The lowest BCUT2D eigenvalue weighted by Crippen LogP contribution is -2.38. The third kappa shape index (κ3) is 3.80. The van der Waals surface area contributed by atoms with E-state index in [9.17, 15) is 4.79 Å². The zero-order chi connectivity index (χ0) is 18.4.